The summed E-state index contributed by atoms with van der Waals surface area (Å²) in [4.78, 5) is 14.6. The van der Waals surface area contributed by atoms with Gasteiger partial charge in [0.05, 0.1) is 0 Å². The van der Waals surface area contributed by atoms with Crippen LogP contribution in [-0.4, -0.2) is 30.5 Å². The molecule has 0 saturated heterocycles. The minimum Gasteiger partial charge on any atom is -0.480 e. The maximum atomic E-state index is 11.9. The van der Waals surface area contributed by atoms with Crippen molar-refractivity contribution in [3.8, 4) is 0 Å². The van der Waals surface area contributed by atoms with Crippen LogP contribution in [-0.2, 0) is 14.8 Å². The molecule has 2 N–H and O–H groups in total. The Hall–Kier alpha value is -0.990. The van der Waals surface area contributed by atoms with Gasteiger partial charge in [-0.25, -0.2) is 8.42 Å². The third-order valence-electron chi connectivity index (χ3n) is 2.16. The van der Waals surface area contributed by atoms with E-state index < -0.39 is 22.0 Å². The smallest absolute Gasteiger partial charge is 0.321 e. The van der Waals surface area contributed by atoms with Crippen molar-refractivity contribution in [3.63, 3.8) is 0 Å². The molecule has 0 fully saturated rings. The van der Waals surface area contributed by atoms with Crippen molar-refractivity contribution in [2.75, 3.05) is 0 Å². The number of halogens is 1. The lowest BCUT2D eigenvalue weighted by Gasteiger charge is -2.13. The van der Waals surface area contributed by atoms with Crippen molar-refractivity contribution in [2.24, 2.45) is 0 Å². The highest BCUT2D eigenvalue weighted by molar-refractivity contribution is 9.10. The minimum absolute atomic E-state index is 0.0702. The molecular formula is C10H13BrN2O4S. The predicted octanol–water partition coefficient (Wildman–Crippen LogP) is 1.38. The molecule has 0 aromatic carbocycles. The number of nitrogens with one attached hydrogen (secondary N) is 1. The summed E-state index contributed by atoms with van der Waals surface area (Å²) in [6, 6.07) is 0.235. The average Bonchev–Trinajstić information content (AvgIpc) is 2.28. The van der Waals surface area contributed by atoms with Gasteiger partial charge in [0, 0.05) is 16.9 Å². The van der Waals surface area contributed by atoms with Crippen LogP contribution in [0.15, 0.2) is 27.8 Å². The van der Waals surface area contributed by atoms with Crippen molar-refractivity contribution in [3.05, 3.63) is 22.9 Å². The highest BCUT2D eigenvalue weighted by Gasteiger charge is 2.24. The van der Waals surface area contributed by atoms with Gasteiger partial charge in [0.1, 0.15) is 10.9 Å². The summed E-state index contributed by atoms with van der Waals surface area (Å²) in [5.74, 6) is -1.19. The van der Waals surface area contributed by atoms with Gasteiger partial charge in [-0.15, -0.1) is 0 Å². The molecule has 0 unspecified atom stereocenters. The number of carbonyl (C=O) groups is 1. The summed E-state index contributed by atoms with van der Waals surface area (Å²) in [7, 11) is -3.87. The van der Waals surface area contributed by atoms with Crippen LogP contribution in [0.4, 0.5) is 0 Å². The molecule has 0 saturated carbocycles. The Morgan fingerprint density at radius 3 is 2.72 bits per heavy atom. The van der Waals surface area contributed by atoms with Gasteiger partial charge in [-0.3, -0.25) is 9.78 Å². The maximum absolute atomic E-state index is 11.9. The number of hydrogen-bond acceptors (Lipinski definition) is 4. The zero-order valence-electron chi connectivity index (χ0n) is 9.63. The second kappa shape index (κ2) is 6.26. The molecule has 1 atom stereocenters. The molecule has 6 nitrogen and oxygen atoms in total. The number of nitrogens with zero attached hydrogens (tertiary/aromatic N) is 1. The Morgan fingerprint density at radius 2 is 2.22 bits per heavy atom. The third kappa shape index (κ3) is 4.04. The van der Waals surface area contributed by atoms with Gasteiger partial charge in [-0.1, -0.05) is 13.3 Å². The van der Waals surface area contributed by atoms with E-state index in [-0.39, 0.29) is 11.3 Å². The molecule has 0 aliphatic heterocycles. The van der Waals surface area contributed by atoms with Crippen molar-refractivity contribution in [1.82, 2.24) is 9.71 Å². The van der Waals surface area contributed by atoms with Crippen LogP contribution in [0, 0.1) is 0 Å². The Balaban J connectivity index is 2.97. The molecule has 1 aromatic heterocycles. The van der Waals surface area contributed by atoms with Gasteiger partial charge in [0.25, 0.3) is 0 Å². The van der Waals surface area contributed by atoms with E-state index >= 15 is 0 Å². The molecule has 1 aromatic rings. The van der Waals surface area contributed by atoms with Crippen LogP contribution < -0.4 is 4.72 Å². The predicted molar refractivity (Wildman–Crippen MR) is 68.6 cm³/mol. The third-order valence-corrected chi connectivity index (χ3v) is 4.04. The molecule has 100 valence electrons. The van der Waals surface area contributed by atoms with Crippen molar-refractivity contribution in [1.29, 1.82) is 0 Å². The first-order valence-electron chi connectivity index (χ1n) is 5.22. The van der Waals surface area contributed by atoms with Gasteiger partial charge >= 0.3 is 5.97 Å². The summed E-state index contributed by atoms with van der Waals surface area (Å²) in [5.41, 5.74) is 0. The SMILES string of the molecule is CCC[C@H](NS(=O)(=O)c1cncc(Br)c1)C(=O)O. The first kappa shape index (κ1) is 15.1. The van der Waals surface area contributed by atoms with Crippen LogP contribution in [0.5, 0.6) is 0 Å². The number of pyridine rings is 1. The van der Waals surface area contributed by atoms with Crippen molar-refractivity contribution in [2.45, 2.75) is 30.7 Å². The van der Waals surface area contributed by atoms with Gasteiger partial charge in [-0.05, 0) is 28.4 Å². The summed E-state index contributed by atoms with van der Waals surface area (Å²) in [5, 5.41) is 8.92. The zero-order valence-corrected chi connectivity index (χ0v) is 12.0. The van der Waals surface area contributed by atoms with Crippen LogP contribution in [0.3, 0.4) is 0 Å². The van der Waals surface area contributed by atoms with E-state index in [1.54, 1.807) is 6.92 Å². The Morgan fingerprint density at radius 1 is 1.56 bits per heavy atom. The van der Waals surface area contributed by atoms with E-state index in [2.05, 4.69) is 25.6 Å². The van der Waals surface area contributed by atoms with Crippen LogP contribution in [0.1, 0.15) is 19.8 Å². The number of carboxylic acid groups (broad SMARTS) is 1. The monoisotopic (exact) mass is 336 g/mol. The molecule has 1 heterocycles. The molecule has 0 radical (unpaired) electrons. The maximum Gasteiger partial charge on any atom is 0.321 e. The molecule has 18 heavy (non-hydrogen) atoms. The highest BCUT2D eigenvalue weighted by atomic mass is 79.9. The van der Waals surface area contributed by atoms with Crippen molar-refractivity contribution < 1.29 is 18.3 Å². The minimum atomic E-state index is -3.87. The summed E-state index contributed by atoms with van der Waals surface area (Å²) in [6.07, 6.45) is 3.41. The number of aliphatic carboxylic acids is 1. The number of rotatable bonds is 6. The van der Waals surface area contributed by atoms with Gasteiger partial charge in [-0.2, -0.15) is 4.72 Å². The molecular weight excluding hydrogens is 324 g/mol. The lowest BCUT2D eigenvalue weighted by atomic mass is 10.2. The quantitative estimate of drug-likeness (QED) is 0.817. The Bertz CT molecular complexity index is 532. The second-order valence-electron chi connectivity index (χ2n) is 3.64. The Kier molecular flexibility index (Phi) is 5.24. The number of aromatic nitrogens is 1. The number of sulfonamides is 1. The fourth-order valence-corrected chi connectivity index (χ4v) is 3.04. The van der Waals surface area contributed by atoms with Gasteiger partial charge < -0.3 is 5.11 Å². The second-order valence-corrected chi connectivity index (χ2v) is 6.27. The molecule has 1 rings (SSSR count). The molecule has 0 amide bonds. The van der Waals surface area contributed by atoms with Gasteiger partial charge in [0.2, 0.25) is 10.0 Å². The largest absolute Gasteiger partial charge is 0.480 e. The average molecular weight is 337 g/mol. The lowest BCUT2D eigenvalue weighted by Crippen LogP contribution is -2.40. The van der Waals surface area contributed by atoms with E-state index in [9.17, 15) is 13.2 Å². The Labute approximate surface area is 114 Å². The molecule has 0 bridgehead atoms. The lowest BCUT2D eigenvalue weighted by molar-refractivity contribution is -0.139. The van der Waals surface area contributed by atoms with Crippen LogP contribution >= 0.6 is 15.9 Å². The van der Waals surface area contributed by atoms with Gasteiger partial charge in [0.15, 0.2) is 0 Å². The fourth-order valence-electron chi connectivity index (χ4n) is 1.32. The van der Waals surface area contributed by atoms with Crippen molar-refractivity contribution >= 4 is 31.9 Å². The van der Waals surface area contributed by atoms with Crippen LogP contribution in [0.2, 0.25) is 0 Å². The van der Waals surface area contributed by atoms with E-state index in [1.165, 1.54) is 12.3 Å². The number of carboxylic acids is 1. The zero-order chi connectivity index (χ0) is 13.8. The normalized spacial score (nSPS) is 13.2. The van der Waals surface area contributed by atoms with E-state index in [1.807, 2.05) is 0 Å². The molecule has 0 aliphatic rings. The number of hydrogen-bond donors (Lipinski definition) is 2. The standard InChI is InChI=1S/C10H13BrN2O4S/c1-2-3-9(10(14)15)13-18(16,17)8-4-7(11)5-12-6-8/h4-6,9,13H,2-3H2,1H3,(H,14,15)/t9-/m0/s1. The molecule has 0 spiro atoms. The van der Waals surface area contributed by atoms with Crippen LogP contribution in [0.25, 0.3) is 0 Å². The molecule has 0 aliphatic carbocycles. The van der Waals surface area contributed by atoms with E-state index in [4.69, 9.17) is 5.11 Å². The fraction of sp³-hybridized carbons (Fsp3) is 0.400. The summed E-state index contributed by atoms with van der Waals surface area (Å²) >= 11 is 3.11. The topological polar surface area (TPSA) is 96.4 Å². The first-order valence-corrected chi connectivity index (χ1v) is 7.50. The van der Waals surface area contributed by atoms with E-state index in [0.717, 1.165) is 6.20 Å². The first-order chi connectivity index (χ1) is 8.36. The van der Waals surface area contributed by atoms with E-state index in [0.29, 0.717) is 10.9 Å². The summed E-state index contributed by atoms with van der Waals surface area (Å²) < 4.78 is 26.5. The summed E-state index contributed by atoms with van der Waals surface area (Å²) in [6.45, 7) is 1.78. The highest BCUT2D eigenvalue weighted by Crippen LogP contribution is 2.15. The molecule has 8 heteroatoms.